The number of carbonyl (C=O) groups is 1. The van der Waals surface area contributed by atoms with Crippen molar-refractivity contribution in [2.75, 3.05) is 16.8 Å². The molecule has 3 aromatic rings. The van der Waals surface area contributed by atoms with Crippen molar-refractivity contribution in [3.63, 3.8) is 0 Å². The normalized spacial score (nSPS) is 15.3. The maximum Gasteiger partial charge on any atom is 0.277 e. The summed E-state index contributed by atoms with van der Waals surface area (Å²) in [7, 11) is 0. The summed E-state index contributed by atoms with van der Waals surface area (Å²) in [5.41, 5.74) is 3.92. The number of hydrogen-bond acceptors (Lipinski definition) is 4. The number of anilines is 2. The number of benzene rings is 2. The molecule has 1 aromatic heterocycles. The summed E-state index contributed by atoms with van der Waals surface area (Å²) < 4.78 is 0. The van der Waals surface area contributed by atoms with E-state index in [4.69, 9.17) is 0 Å². The van der Waals surface area contributed by atoms with E-state index in [0.29, 0.717) is 11.6 Å². The van der Waals surface area contributed by atoms with Gasteiger partial charge >= 0.3 is 0 Å². The molecular weight excluding hydrogens is 348 g/mol. The van der Waals surface area contributed by atoms with Crippen LogP contribution in [-0.4, -0.2) is 28.5 Å². The highest BCUT2D eigenvalue weighted by Crippen LogP contribution is 2.32. The summed E-state index contributed by atoms with van der Waals surface area (Å²) in [4.78, 5) is 23.7. The van der Waals surface area contributed by atoms with Crippen LogP contribution in [0.25, 0.3) is 0 Å². The molecule has 4 rings (SSSR count). The molecule has 1 N–H and O–H groups in total. The van der Waals surface area contributed by atoms with Crippen LogP contribution in [0.2, 0.25) is 0 Å². The van der Waals surface area contributed by atoms with Gasteiger partial charge in [0.05, 0.1) is 0 Å². The van der Waals surface area contributed by atoms with Crippen LogP contribution in [0.15, 0.2) is 66.9 Å². The number of amides is 1. The summed E-state index contributed by atoms with van der Waals surface area (Å²) in [5, 5.41) is 3.24. The van der Waals surface area contributed by atoms with E-state index in [0.717, 1.165) is 31.5 Å². The van der Waals surface area contributed by atoms with Gasteiger partial charge in [-0.25, -0.2) is 9.97 Å². The fourth-order valence-corrected chi connectivity index (χ4v) is 3.70. The first-order chi connectivity index (χ1) is 13.7. The van der Waals surface area contributed by atoms with Gasteiger partial charge in [-0.05, 0) is 49.4 Å². The topological polar surface area (TPSA) is 58.1 Å². The summed E-state index contributed by atoms with van der Waals surface area (Å²) in [6, 6.07) is 20.3. The molecule has 1 aliphatic rings. The van der Waals surface area contributed by atoms with Crippen LogP contribution >= 0.6 is 0 Å². The van der Waals surface area contributed by atoms with Crippen molar-refractivity contribution < 1.29 is 4.79 Å². The predicted molar refractivity (Wildman–Crippen MR) is 112 cm³/mol. The standard InChI is InChI=1S/C23H24N4O/c1-17-16-19-11-5-6-12-21(19)27(17)22(28)20-13-15-25-23(26-20)24-14-7-10-18-8-3-2-4-9-18/h2-6,8-9,11-13,15,17H,7,10,14,16H2,1H3,(H,24,25,26). The van der Waals surface area contributed by atoms with Crippen LogP contribution in [0.4, 0.5) is 11.6 Å². The van der Waals surface area contributed by atoms with E-state index in [1.807, 2.05) is 29.2 Å². The van der Waals surface area contributed by atoms with E-state index < -0.39 is 0 Å². The maximum absolute atomic E-state index is 13.1. The summed E-state index contributed by atoms with van der Waals surface area (Å²) in [6.45, 7) is 2.83. The summed E-state index contributed by atoms with van der Waals surface area (Å²) >= 11 is 0. The Morgan fingerprint density at radius 2 is 1.89 bits per heavy atom. The number of carbonyl (C=O) groups excluding carboxylic acids is 1. The first-order valence-corrected chi connectivity index (χ1v) is 9.74. The van der Waals surface area contributed by atoms with E-state index in [9.17, 15) is 4.79 Å². The molecule has 0 saturated heterocycles. The highest BCUT2D eigenvalue weighted by molar-refractivity contribution is 6.06. The van der Waals surface area contributed by atoms with Crippen LogP contribution in [-0.2, 0) is 12.8 Å². The molecule has 0 aliphatic carbocycles. The molecule has 0 spiro atoms. The lowest BCUT2D eigenvalue weighted by atomic mass is 10.1. The zero-order valence-corrected chi connectivity index (χ0v) is 16.0. The number of hydrogen-bond donors (Lipinski definition) is 1. The molecule has 1 unspecified atom stereocenters. The number of aryl methyl sites for hydroxylation is 1. The van der Waals surface area contributed by atoms with E-state index in [1.165, 1.54) is 11.1 Å². The molecule has 28 heavy (non-hydrogen) atoms. The molecule has 142 valence electrons. The Morgan fingerprint density at radius 1 is 1.11 bits per heavy atom. The van der Waals surface area contributed by atoms with Crippen molar-refractivity contribution in [3.05, 3.63) is 83.7 Å². The van der Waals surface area contributed by atoms with Crippen LogP contribution in [0.3, 0.4) is 0 Å². The van der Waals surface area contributed by atoms with E-state index >= 15 is 0 Å². The third-order valence-corrected chi connectivity index (χ3v) is 5.07. The molecular formula is C23H24N4O. The molecule has 5 heteroatoms. The summed E-state index contributed by atoms with van der Waals surface area (Å²) in [5.74, 6) is 0.422. The molecule has 1 amide bonds. The van der Waals surface area contributed by atoms with Crippen LogP contribution < -0.4 is 10.2 Å². The minimum Gasteiger partial charge on any atom is -0.354 e. The van der Waals surface area contributed by atoms with Gasteiger partial charge in [-0.2, -0.15) is 0 Å². The Bertz CT molecular complexity index is 958. The molecule has 5 nitrogen and oxygen atoms in total. The van der Waals surface area contributed by atoms with Crippen LogP contribution in [0.5, 0.6) is 0 Å². The maximum atomic E-state index is 13.1. The lowest BCUT2D eigenvalue weighted by Gasteiger charge is -2.22. The number of nitrogens with one attached hydrogen (secondary N) is 1. The molecule has 2 aromatic carbocycles. The van der Waals surface area contributed by atoms with Crippen molar-refractivity contribution in [1.82, 2.24) is 9.97 Å². The van der Waals surface area contributed by atoms with Gasteiger partial charge in [-0.3, -0.25) is 4.79 Å². The molecule has 0 saturated carbocycles. The fourth-order valence-electron chi connectivity index (χ4n) is 3.70. The average Bonchev–Trinajstić information content (AvgIpc) is 3.07. The summed E-state index contributed by atoms with van der Waals surface area (Å²) in [6.07, 6.45) is 4.49. The van der Waals surface area contributed by atoms with Gasteiger partial charge in [-0.15, -0.1) is 0 Å². The van der Waals surface area contributed by atoms with Crippen molar-refractivity contribution in [1.29, 1.82) is 0 Å². The Balaban J connectivity index is 1.40. The smallest absolute Gasteiger partial charge is 0.277 e. The second-order valence-electron chi connectivity index (χ2n) is 7.14. The molecule has 0 radical (unpaired) electrons. The van der Waals surface area contributed by atoms with Crippen LogP contribution in [0, 0.1) is 0 Å². The SMILES string of the molecule is CC1Cc2ccccc2N1C(=O)c1ccnc(NCCCc2ccccc2)n1. The number of nitrogens with zero attached hydrogens (tertiary/aromatic N) is 3. The first-order valence-electron chi connectivity index (χ1n) is 9.74. The predicted octanol–water partition coefficient (Wildman–Crippen LogP) is 4.11. The Morgan fingerprint density at radius 3 is 2.75 bits per heavy atom. The van der Waals surface area contributed by atoms with Crippen molar-refractivity contribution in [2.45, 2.75) is 32.2 Å². The minimum absolute atomic E-state index is 0.0767. The second kappa shape index (κ2) is 8.21. The lowest BCUT2D eigenvalue weighted by Crippen LogP contribution is -2.36. The number of fused-ring (bicyclic) bond motifs is 1. The van der Waals surface area contributed by atoms with Gasteiger partial charge in [0.2, 0.25) is 5.95 Å². The molecule has 1 aliphatic heterocycles. The van der Waals surface area contributed by atoms with E-state index in [2.05, 4.69) is 52.5 Å². The highest BCUT2D eigenvalue weighted by atomic mass is 16.2. The molecule has 1 atom stereocenters. The fraction of sp³-hybridized carbons (Fsp3) is 0.261. The first kappa shape index (κ1) is 18.2. The van der Waals surface area contributed by atoms with E-state index in [1.54, 1.807) is 12.3 Å². The lowest BCUT2D eigenvalue weighted by molar-refractivity contribution is 0.0976. The highest BCUT2D eigenvalue weighted by Gasteiger charge is 2.31. The van der Waals surface area contributed by atoms with Crippen molar-refractivity contribution >= 4 is 17.5 Å². The zero-order chi connectivity index (χ0) is 19.3. The van der Waals surface area contributed by atoms with Gasteiger partial charge < -0.3 is 10.2 Å². The second-order valence-corrected chi connectivity index (χ2v) is 7.14. The third-order valence-electron chi connectivity index (χ3n) is 5.07. The van der Waals surface area contributed by atoms with Gasteiger partial charge in [0.1, 0.15) is 5.69 Å². The molecule has 2 heterocycles. The monoisotopic (exact) mass is 372 g/mol. The van der Waals surface area contributed by atoms with Crippen LogP contribution in [0.1, 0.15) is 35.0 Å². The Kier molecular flexibility index (Phi) is 5.33. The number of aromatic nitrogens is 2. The molecule has 0 fully saturated rings. The minimum atomic E-state index is -0.0767. The van der Waals surface area contributed by atoms with Gasteiger partial charge in [0.15, 0.2) is 0 Å². The third kappa shape index (κ3) is 3.88. The Labute approximate surface area is 165 Å². The quantitative estimate of drug-likeness (QED) is 0.662. The zero-order valence-electron chi connectivity index (χ0n) is 16.0. The molecule has 0 bridgehead atoms. The largest absolute Gasteiger partial charge is 0.354 e. The van der Waals surface area contributed by atoms with Crippen molar-refractivity contribution in [2.24, 2.45) is 0 Å². The van der Waals surface area contributed by atoms with Gasteiger partial charge in [0.25, 0.3) is 5.91 Å². The van der Waals surface area contributed by atoms with E-state index in [-0.39, 0.29) is 11.9 Å². The van der Waals surface area contributed by atoms with Gasteiger partial charge in [0, 0.05) is 24.5 Å². The number of para-hydroxylation sites is 1. The number of rotatable bonds is 6. The Hall–Kier alpha value is -3.21. The van der Waals surface area contributed by atoms with Gasteiger partial charge in [-0.1, -0.05) is 48.5 Å². The average molecular weight is 372 g/mol. The van der Waals surface area contributed by atoms with Crippen molar-refractivity contribution in [3.8, 4) is 0 Å².